The van der Waals surface area contributed by atoms with Crippen molar-refractivity contribution in [3.63, 3.8) is 0 Å². The highest BCUT2D eigenvalue weighted by molar-refractivity contribution is 5.85. The van der Waals surface area contributed by atoms with Crippen LogP contribution in [0, 0.1) is 0 Å². The van der Waals surface area contributed by atoms with E-state index in [-0.39, 0.29) is 36.3 Å². The molecule has 1 aliphatic heterocycles. The highest BCUT2D eigenvalue weighted by Crippen LogP contribution is 2.26. The monoisotopic (exact) mass is 303 g/mol. The summed E-state index contributed by atoms with van der Waals surface area (Å²) in [7, 11) is 0. The lowest BCUT2D eigenvalue weighted by Gasteiger charge is -2.31. The summed E-state index contributed by atoms with van der Waals surface area (Å²) in [5, 5.41) is 2.93. The molecular weight excluding hydrogens is 278 g/mol. The lowest BCUT2D eigenvalue weighted by molar-refractivity contribution is -0.130. The van der Waals surface area contributed by atoms with Crippen molar-refractivity contribution in [3.05, 3.63) is 0 Å². The average Bonchev–Trinajstić information content (AvgIpc) is 2.70. The van der Waals surface area contributed by atoms with E-state index in [1.165, 1.54) is 19.3 Å². The first kappa shape index (κ1) is 17.2. The van der Waals surface area contributed by atoms with Gasteiger partial charge in [-0.2, -0.15) is 0 Å². The third-order valence-corrected chi connectivity index (χ3v) is 4.05. The molecule has 3 N–H and O–H groups in total. The van der Waals surface area contributed by atoms with Gasteiger partial charge in [-0.15, -0.1) is 12.4 Å². The van der Waals surface area contributed by atoms with Gasteiger partial charge in [0, 0.05) is 31.5 Å². The molecule has 2 unspecified atom stereocenters. The zero-order chi connectivity index (χ0) is 13.8. The van der Waals surface area contributed by atoms with Crippen LogP contribution in [0.3, 0.4) is 0 Å². The van der Waals surface area contributed by atoms with E-state index < -0.39 is 0 Å². The summed E-state index contributed by atoms with van der Waals surface area (Å²) in [5.41, 5.74) is 5.60. The molecule has 1 aliphatic carbocycles. The number of nitrogens with two attached hydrogens (primary N) is 1. The number of likely N-dealkylation sites (tertiary alicyclic amines) is 1. The molecule has 0 aromatic carbocycles. The normalized spacial score (nSPS) is 25.2. The summed E-state index contributed by atoms with van der Waals surface area (Å²) in [4.78, 5) is 25.7. The number of hydrogen-bond acceptors (Lipinski definition) is 3. The smallest absolute Gasteiger partial charge is 0.225 e. The molecule has 0 bridgehead atoms. The highest BCUT2D eigenvalue weighted by Gasteiger charge is 2.35. The van der Waals surface area contributed by atoms with Crippen LogP contribution >= 0.6 is 12.4 Å². The third kappa shape index (κ3) is 4.63. The molecule has 1 heterocycles. The Kier molecular flexibility index (Phi) is 6.76. The SMILES string of the molecule is CC(N)CC(=O)NC1CC(=O)N(C2CCCCC2)C1.Cl. The molecule has 1 saturated heterocycles. The molecule has 116 valence electrons. The summed E-state index contributed by atoms with van der Waals surface area (Å²) in [6, 6.07) is 0.240. The van der Waals surface area contributed by atoms with E-state index in [1.807, 2.05) is 11.8 Å². The number of carbonyl (C=O) groups excluding carboxylic acids is 2. The Morgan fingerprint density at radius 3 is 2.65 bits per heavy atom. The maximum atomic E-state index is 12.0. The summed E-state index contributed by atoms with van der Waals surface area (Å²) in [6.07, 6.45) is 6.73. The summed E-state index contributed by atoms with van der Waals surface area (Å²) < 4.78 is 0. The van der Waals surface area contributed by atoms with Gasteiger partial charge in [0.05, 0.1) is 6.04 Å². The number of halogens is 1. The molecule has 20 heavy (non-hydrogen) atoms. The molecular formula is C14H26ClN3O2. The Hall–Kier alpha value is -0.810. The van der Waals surface area contributed by atoms with E-state index in [1.54, 1.807) is 0 Å². The lowest BCUT2D eigenvalue weighted by atomic mass is 9.94. The second-order valence-electron chi connectivity index (χ2n) is 5.99. The van der Waals surface area contributed by atoms with Crippen LogP contribution in [-0.4, -0.2) is 41.4 Å². The standard InChI is InChI=1S/C14H25N3O2.ClH/c1-10(15)7-13(18)16-11-8-14(19)17(9-11)12-5-3-2-4-6-12;/h10-12H,2-9,15H2,1H3,(H,16,18);1H. The Morgan fingerprint density at radius 2 is 2.05 bits per heavy atom. The first-order valence-electron chi connectivity index (χ1n) is 7.40. The zero-order valence-corrected chi connectivity index (χ0v) is 13.0. The van der Waals surface area contributed by atoms with Gasteiger partial charge in [-0.05, 0) is 19.8 Å². The Morgan fingerprint density at radius 1 is 1.40 bits per heavy atom. The fourth-order valence-electron chi connectivity index (χ4n) is 3.15. The number of rotatable bonds is 4. The molecule has 2 amide bonds. The van der Waals surface area contributed by atoms with Crippen LogP contribution in [0.4, 0.5) is 0 Å². The fourth-order valence-corrected chi connectivity index (χ4v) is 3.15. The van der Waals surface area contributed by atoms with Crippen LogP contribution in [-0.2, 0) is 9.59 Å². The maximum Gasteiger partial charge on any atom is 0.225 e. The Balaban J connectivity index is 0.00000200. The van der Waals surface area contributed by atoms with Crippen molar-refractivity contribution in [1.29, 1.82) is 0 Å². The first-order chi connectivity index (χ1) is 9.06. The summed E-state index contributed by atoms with van der Waals surface area (Å²) in [6.45, 7) is 2.49. The minimum Gasteiger partial charge on any atom is -0.351 e. The minimum atomic E-state index is -0.133. The van der Waals surface area contributed by atoms with Crippen molar-refractivity contribution < 1.29 is 9.59 Å². The Labute approximate surface area is 127 Å². The van der Waals surface area contributed by atoms with Crippen molar-refractivity contribution in [2.75, 3.05) is 6.54 Å². The van der Waals surface area contributed by atoms with E-state index in [0.717, 1.165) is 12.8 Å². The first-order valence-corrected chi connectivity index (χ1v) is 7.40. The van der Waals surface area contributed by atoms with E-state index in [4.69, 9.17) is 5.73 Å². The van der Waals surface area contributed by atoms with Crippen LogP contribution in [0.1, 0.15) is 51.9 Å². The van der Waals surface area contributed by atoms with Gasteiger partial charge in [-0.1, -0.05) is 19.3 Å². The molecule has 2 rings (SSSR count). The van der Waals surface area contributed by atoms with Crippen molar-refractivity contribution in [2.24, 2.45) is 5.73 Å². The topological polar surface area (TPSA) is 75.4 Å². The van der Waals surface area contributed by atoms with Crippen LogP contribution < -0.4 is 11.1 Å². The fraction of sp³-hybridized carbons (Fsp3) is 0.857. The van der Waals surface area contributed by atoms with E-state index in [9.17, 15) is 9.59 Å². The number of nitrogens with one attached hydrogen (secondary N) is 1. The van der Waals surface area contributed by atoms with Crippen molar-refractivity contribution >= 4 is 24.2 Å². The molecule has 5 nitrogen and oxygen atoms in total. The van der Waals surface area contributed by atoms with Gasteiger partial charge in [0.1, 0.15) is 0 Å². The largest absolute Gasteiger partial charge is 0.351 e. The van der Waals surface area contributed by atoms with Crippen molar-refractivity contribution in [2.45, 2.75) is 70.0 Å². The number of hydrogen-bond donors (Lipinski definition) is 2. The second kappa shape index (κ2) is 7.84. The molecule has 0 radical (unpaired) electrons. The molecule has 0 aromatic heterocycles. The van der Waals surface area contributed by atoms with E-state index in [2.05, 4.69) is 5.32 Å². The molecule has 6 heteroatoms. The van der Waals surface area contributed by atoms with Crippen LogP contribution in [0.25, 0.3) is 0 Å². The zero-order valence-electron chi connectivity index (χ0n) is 12.1. The number of carbonyl (C=O) groups is 2. The van der Waals surface area contributed by atoms with Gasteiger partial charge in [0.15, 0.2) is 0 Å². The third-order valence-electron chi connectivity index (χ3n) is 4.05. The Bertz CT molecular complexity index is 343. The minimum absolute atomic E-state index is 0. The van der Waals surface area contributed by atoms with Gasteiger partial charge in [0.2, 0.25) is 11.8 Å². The quantitative estimate of drug-likeness (QED) is 0.819. The molecule has 0 spiro atoms. The predicted molar refractivity (Wildman–Crippen MR) is 80.6 cm³/mol. The van der Waals surface area contributed by atoms with Crippen molar-refractivity contribution in [1.82, 2.24) is 10.2 Å². The van der Waals surface area contributed by atoms with Gasteiger partial charge in [-0.3, -0.25) is 9.59 Å². The van der Waals surface area contributed by atoms with Gasteiger partial charge in [0.25, 0.3) is 0 Å². The maximum absolute atomic E-state index is 12.0. The second-order valence-corrected chi connectivity index (χ2v) is 5.99. The summed E-state index contributed by atoms with van der Waals surface area (Å²) >= 11 is 0. The molecule has 1 saturated carbocycles. The van der Waals surface area contributed by atoms with E-state index >= 15 is 0 Å². The number of amides is 2. The molecule has 2 fully saturated rings. The van der Waals surface area contributed by atoms with Gasteiger partial charge >= 0.3 is 0 Å². The van der Waals surface area contributed by atoms with Gasteiger partial charge in [-0.25, -0.2) is 0 Å². The molecule has 2 aliphatic rings. The van der Waals surface area contributed by atoms with Crippen LogP contribution in [0.5, 0.6) is 0 Å². The van der Waals surface area contributed by atoms with Crippen LogP contribution in [0.2, 0.25) is 0 Å². The van der Waals surface area contributed by atoms with Gasteiger partial charge < -0.3 is 16.0 Å². The van der Waals surface area contributed by atoms with Crippen molar-refractivity contribution in [3.8, 4) is 0 Å². The average molecular weight is 304 g/mol. The lowest BCUT2D eigenvalue weighted by Crippen LogP contribution is -2.42. The molecule has 2 atom stereocenters. The molecule has 0 aromatic rings. The summed E-state index contributed by atoms with van der Waals surface area (Å²) in [5.74, 6) is 0.149. The number of nitrogens with zero attached hydrogens (tertiary/aromatic N) is 1. The van der Waals surface area contributed by atoms with E-state index in [0.29, 0.717) is 25.4 Å². The predicted octanol–water partition coefficient (Wildman–Crippen LogP) is 1.20. The van der Waals surface area contributed by atoms with Crippen LogP contribution in [0.15, 0.2) is 0 Å². The highest BCUT2D eigenvalue weighted by atomic mass is 35.5.